The first-order chi connectivity index (χ1) is 11.8. The minimum absolute atomic E-state index is 0.0661. The molecule has 1 fully saturated rings. The van der Waals surface area contributed by atoms with Crippen LogP contribution in [0.2, 0.25) is 0 Å². The molecule has 1 aliphatic rings. The molecule has 1 saturated heterocycles. The quantitative estimate of drug-likeness (QED) is 0.655. The van der Waals surface area contributed by atoms with E-state index in [9.17, 15) is 4.79 Å². The predicted octanol–water partition coefficient (Wildman–Crippen LogP) is 3.32. The Hall–Kier alpha value is -2.33. The van der Waals surface area contributed by atoms with Crippen molar-refractivity contribution < 1.29 is 14.3 Å². The van der Waals surface area contributed by atoms with Crippen molar-refractivity contribution in [1.82, 2.24) is 5.32 Å². The second-order valence-electron chi connectivity index (χ2n) is 5.96. The van der Waals surface area contributed by atoms with Crippen LogP contribution in [0, 0.1) is 5.92 Å². The Labute approximate surface area is 142 Å². The average Bonchev–Trinajstić information content (AvgIpc) is 2.64. The van der Waals surface area contributed by atoms with E-state index in [4.69, 9.17) is 9.47 Å². The molecule has 2 aromatic rings. The first-order valence-corrected chi connectivity index (χ1v) is 8.47. The third-order valence-corrected chi connectivity index (χ3v) is 4.18. The third-order valence-electron chi connectivity index (χ3n) is 4.18. The molecular formula is C20H23NO3. The molecular weight excluding hydrogens is 302 g/mol. The maximum atomic E-state index is 11.8. The molecule has 1 heterocycles. The summed E-state index contributed by atoms with van der Waals surface area (Å²) in [5.41, 5.74) is 0. The maximum Gasteiger partial charge on any atom is 0.243 e. The van der Waals surface area contributed by atoms with Crippen molar-refractivity contribution in [2.45, 2.75) is 12.8 Å². The minimum Gasteiger partial charge on any atom is -0.492 e. The van der Waals surface area contributed by atoms with E-state index in [2.05, 4.69) is 17.4 Å². The summed E-state index contributed by atoms with van der Waals surface area (Å²) in [6.07, 6.45) is 5.61. The van der Waals surface area contributed by atoms with Gasteiger partial charge in [0.1, 0.15) is 12.4 Å². The Balaban J connectivity index is 1.39. The van der Waals surface area contributed by atoms with Crippen molar-refractivity contribution >= 4 is 16.7 Å². The first-order valence-electron chi connectivity index (χ1n) is 8.47. The number of hydrogen-bond donors (Lipinski definition) is 1. The average molecular weight is 325 g/mol. The van der Waals surface area contributed by atoms with Crippen molar-refractivity contribution in [3.63, 3.8) is 0 Å². The lowest BCUT2D eigenvalue weighted by Gasteiger charge is -2.18. The zero-order chi connectivity index (χ0) is 16.6. The van der Waals surface area contributed by atoms with Crippen molar-refractivity contribution in [1.29, 1.82) is 0 Å². The molecule has 0 unspecified atom stereocenters. The molecule has 1 amide bonds. The normalized spacial score (nSPS) is 15.7. The van der Waals surface area contributed by atoms with Crippen LogP contribution in [0.3, 0.4) is 0 Å². The highest BCUT2D eigenvalue weighted by atomic mass is 16.5. The highest BCUT2D eigenvalue weighted by molar-refractivity contribution is 5.87. The highest BCUT2D eigenvalue weighted by Gasteiger charge is 2.10. The van der Waals surface area contributed by atoms with Crippen LogP contribution in [0.5, 0.6) is 5.75 Å². The van der Waals surface area contributed by atoms with Gasteiger partial charge in [0.05, 0.1) is 6.54 Å². The first kappa shape index (κ1) is 16.5. The van der Waals surface area contributed by atoms with Gasteiger partial charge in [-0.15, -0.1) is 0 Å². The van der Waals surface area contributed by atoms with Gasteiger partial charge in [-0.2, -0.15) is 0 Å². The lowest BCUT2D eigenvalue weighted by Crippen LogP contribution is -2.26. The van der Waals surface area contributed by atoms with Crippen LogP contribution in [0.15, 0.2) is 54.6 Å². The van der Waals surface area contributed by atoms with Gasteiger partial charge in [-0.1, -0.05) is 36.4 Å². The van der Waals surface area contributed by atoms with Gasteiger partial charge >= 0.3 is 0 Å². The summed E-state index contributed by atoms with van der Waals surface area (Å²) in [5.74, 6) is 1.21. The predicted molar refractivity (Wildman–Crippen MR) is 95.1 cm³/mol. The molecule has 3 rings (SSSR count). The molecule has 0 saturated carbocycles. The van der Waals surface area contributed by atoms with E-state index >= 15 is 0 Å². The number of hydrogen-bond acceptors (Lipinski definition) is 3. The van der Waals surface area contributed by atoms with Crippen LogP contribution < -0.4 is 10.1 Å². The molecule has 2 aromatic carbocycles. The maximum absolute atomic E-state index is 11.8. The number of rotatable bonds is 6. The number of nitrogens with one attached hydrogen (secondary N) is 1. The summed E-state index contributed by atoms with van der Waals surface area (Å²) < 4.78 is 11.0. The van der Waals surface area contributed by atoms with Crippen LogP contribution in [0.4, 0.5) is 0 Å². The molecule has 4 nitrogen and oxygen atoms in total. The van der Waals surface area contributed by atoms with E-state index in [1.807, 2.05) is 36.4 Å². The van der Waals surface area contributed by atoms with Gasteiger partial charge in [-0.25, -0.2) is 0 Å². The SMILES string of the molecule is O=C(/C=C/C1CCOCC1)NCCOc1ccc2ccccc2c1. The Morgan fingerprint density at radius 3 is 2.79 bits per heavy atom. The van der Waals surface area contributed by atoms with Crippen LogP contribution in [-0.2, 0) is 9.53 Å². The third kappa shape index (κ3) is 4.83. The molecule has 0 aromatic heterocycles. The number of benzene rings is 2. The summed E-state index contributed by atoms with van der Waals surface area (Å²) in [4.78, 5) is 11.8. The van der Waals surface area contributed by atoms with Crippen LogP contribution >= 0.6 is 0 Å². The number of allylic oxidation sites excluding steroid dienone is 1. The summed E-state index contributed by atoms with van der Waals surface area (Å²) >= 11 is 0. The van der Waals surface area contributed by atoms with E-state index in [0.29, 0.717) is 19.1 Å². The molecule has 0 spiro atoms. The van der Waals surface area contributed by atoms with Crippen LogP contribution in [0.1, 0.15) is 12.8 Å². The second-order valence-corrected chi connectivity index (χ2v) is 5.96. The van der Waals surface area contributed by atoms with Crippen molar-refractivity contribution in [2.75, 3.05) is 26.4 Å². The van der Waals surface area contributed by atoms with Crippen molar-refractivity contribution in [3.05, 3.63) is 54.6 Å². The minimum atomic E-state index is -0.0661. The molecule has 0 radical (unpaired) electrons. The fourth-order valence-corrected chi connectivity index (χ4v) is 2.79. The fraction of sp³-hybridized carbons (Fsp3) is 0.350. The van der Waals surface area contributed by atoms with Crippen LogP contribution in [-0.4, -0.2) is 32.3 Å². The molecule has 4 heteroatoms. The second kappa shape index (κ2) is 8.50. The van der Waals surface area contributed by atoms with Gasteiger partial charge < -0.3 is 14.8 Å². The Kier molecular flexibility index (Phi) is 5.85. The van der Waals surface area contributed by atoms with Gasteiger partial charge in [0.15, 0.2) is 0 Å². The summed E-state index contributed by atoms with van der Waals surface area (Å²) in [6, 6.07) is 14.2. The number of ether oxygens (including phenoxy) is 2. The van der Waals surface area contributed by atoms with Gasteiger partial charge in [-0.3, -0.25) is 4.79 Å². The smallest absolute Gasteiger partial charge is 0.243 e. The molecule has 24 heavy (non-hydrogen) atoms. The molecule has 0 aliphatic carbocycles. The number of carbonyl (C=O) groups is 1. The molecule has 1 N–H and O–H groups in total. The summed E-state index contributed by atoms with van der Waals surface area (Å²) in [6.45, 7) is 2.52. The monoisotopic (exact) mass is 325 g/mol. The van der Waals surface area contributed by atoms with E-state index < -0.39 is 0 Å². The number of fused-ring (bicyclic) bond motifs is 1. The lowest BCUT2D eigenvalue weighted by molar-refractivity contribution is -0.116. The van der Waals surface area contributed by atoms with Gasteiger partial charge in [0, 0.05) is 13.2 Å². The van der Waals surface area contributed by atoms with E-state index in [0.717, 1.165) is 37.2 Å². The number of amides is 1. The molecule has 126 valence electrons. The van der Waals surface area contributed by atoms with Crippen molar-refractivity contribution in [2.24, 2.45) is 5.92 Å². The molecule has 0 atom stereocenters. The standard InChI is InChI=1S/C20H23NO3/c22-20(8-5-16-9-12-23-13-10-16)21-11-14-24-19-7-6-17-3-1-2-4-18(17)15-19/h1-8,15-16H,9-14H2,(H,21,22)/b8-5+. The molecule has 1 aliphatic heterocycles. The van der Waals surface area contributed by atoms with E-state index in [1.165, 1.54) is 5.39 Å². The van der Waals surface area contributed by atoms with Gasteiger partial charge in [-0.05, 0) is 47.7 Å². The largest absolute Gasteiger partial charge is 0.492 e. The van der Waals surface area contributed by atoms with Crippen molar-refractivity contribution in [3.8, 4) is 5.75 Å². The zero-order valence-corrected chi connectivity index (χ0v) is 13.7. The molecule has 0 bridgehead atoms. The summed E-state index contributed by atoms with van der Waals surface area (Å²) in [7, 11) is 0. The Bertz CT molecular complexity index is 705. The van der Waals surface area contributed by atoms with E-state index in [-0.39, 0.29) is 5.91 Å². The number of carbonyl (C=O) groups excluding carboxylic acids is 1. The lowest BCUT2D eigenvalue weighted by atomic mass is 10.00. The topological polar surface area (TPSA) is 47.6 Å². The van der Waals surface area contributed by atoms with Gasteiger partial charge in [0.25, 0.3) is 0 Å². The Morgan fingerprint density at radius 2 is 1.96 bits per heavy atom. The summed E-state index contributed by atoms with van der Waals surface area (Å²) in [5, 5.41) is 5.19. The van der Waals surface area contributed by atoms with Crippen LogP contribution in [0.25, 0.3) is 10.8 Å². The van der Waals surface area contributed by atoms with Gasteiger partial charge in [0.2, 0.25) is 5.91 Å². The Morgan fingerprint density at radius 1 is 1.17 bits per heavy atom. The fourth-order valence-electron chi connectivity index (χ4n) is 2.79. The highest BCUT2D eigenvalue weighted by Crippen LogP contribution is 2.20. The van der Waals surface area contributed by atoms with E-state index in [1.54, 1.807) is 6.08 Å². The zero-order valence-electron chi connectivity index (χ0n) is 13.7.